The highest BCUT2D eigenvalue weighted by Gasteiger charge is 2.30. The number of hydrogen-bond donors (Lipinski definition) is 1. The lowest BCUT2D eigenvalue weighted by atomic mass is 10.2. The summed E-state index contributed by atoms with van der Waals surface area (Å²) in [6.45, 7) is 2.13. The van der Waals surface area contributed by atoms with Crippen molar-refractivity contribution in [3.63, 3.8) is 0 Å². The van der Waals surface area contributed by atoms with Crippen LogP contribution in [0.2, 0.25) is 0 Å². The molecule has 1 N–H and O–H groups in total. The molecule has 1 aromatic rings. The second-order valence-electron chi connectivity index (χ2n) is 5.06. The van der Waals surface area contributed by atoms with E-state index in [4.69, 9.17) is 0 Å². The predicted molar refractivity (Wildman–Crippen MR) is 73.3 cm³/mol. The van der Waals surface area contributed by atoms with Crippen LogP contribution in [0.4, 0.5) is 4.39 Å². The van der Waals surface area contributed by atoms with E-state index in [9.17, 15) is 14.0 Å². The Hall–Kier alpha value is -1.91. The summed E-state index contributed by atoms with van der Waals surface area (Å²) in [6, 6.07) is 6.66. The van der Waals surface area contributed by atoms with Crippen LogP contribution in [0.5, 0.6) is 0 Å². The van der Waals surface area contributed by atoms with Crippen molar-refractivity contribution < 1.29 is 14.0 Å². The molecule has 0 spiro atoms. The third kappa shape index (κ3) is 4.05. The third-order valence-corrected chi connectivity index (χ3v) is 3.41. The van der Waals surface area contributed by atoms with E-state index < -0.39 is 0 Å². The molecule has 0 aromatic heterocycles. The molecule has 4 nitrogen and oxygen atoms in total. The SMILES string of the molecule is CC(=O)N(CCC(=O)NCc1ccccc1F)C1CC1. The Kier molecular flexibility index (Phi) is 4.71. The number of carbonyl (C=O) groups is 2. The molecule has 1 saturated carbocycles. The van der Waals surface area contributed by atoms with Crippen LogP contribution in [0.3, 0.4) is 0 Å². The summed E-state index contributed by atoms with van der Waals surface area (Å²) in [5.74, 6) is -0.481. The minimum Gasteiger partial charge on any atom is -0.352 e. The Labute approximate surface area is 118 Å². The van der Waals surface area contributed by atoms with Crippen molar-refractivity contribution in [1.82, 2.24) is 10.2 Å². The molecule has 1 aliphatic carbocycles. The summed E-state index contributed by atoms with van der Waals surface area (Å²) in [7, 11) is 0. The second kappa shape index (κ2) is 6.50. The maximum absolute atomic E-state index is 13.4. The normalized spacial score (nSPS) is 13.9. The third-order valence-electron chi connectivity index (χ3n) is 3.41. The number of nitrogens with zero attached hydrogens (tertiary/aromatic N) is 1. The van der Waals surface area contributed by atoms with Crippen molar-refractivity contribution in [2.45, 2.75) is 38.8 Å². The first-order valence-corrected chi connectivity index (χ1v) is 6.85. The fourth-order valence-corrected chi connectivity index (χ4v) is 2.13. The van der Waals surface area contributed by atoms with Crippen LogP contribution >= 0.6 is 0 Å². The zero-order chi connectivity index (χ0) is 14.5. The van der Waals surface area contributed by atoms with E-state index in [1.165, 1.54) is 13.0 Å². The average molecular weight is 278 g/mol. The Morgan fingerprint density at radius 2 is 2.05 bits per heavy atom. The Morgan fingerprint density at radius 1 is 1.35 bits per heavy atom. The summed E-state index contributed by atoms with van der Waals surface area (Å²) < 4.78 is 13.4. The molecule has 0 aliphatic heterocycles. The van der Waals surface area contributed by atoms with Crippen LogP contribution in [0.25, 0.3) is 0 Å². The molecular formula is C15H19FN2O2. The number of hydrogen-bond acceptors (Lipinski definition) is 2. The molecule has 0 heterocycles. The van der Waals surface area contributed by atoms with E-state index in [0.717, 1.165) is 12.8 Å². The second-order valence-corrected chi connectivity index (χ2v) is 5.06. The first-order chi connectivity index (χ1) is 9.58. The van der Waals surface area contributed by atoms with Crippen LogP contribution in [0.15, 0.2) is 24.3 Å². The lowest BCUT2D eigenvalue weighted by molar-refractivity contribution is -0.130. The smallest absolute Gasteiger partial charge is 0.222 e. The number of amides is 2. The van der Waals surface area contributed by atoms with Gasteiger partial charge < -0.3 is 10.2 Å². The summed E-state index contributed by atoms with van der Waals surface area (Å²) >= 11 is 0. The first-order valence-electron chi connectivity index (χ1n) is 6.85. The Morgan fingerprint density at radius 3 is 2.65 bits per heavy atom. The van der Waals surface area contributed by atoms with Gasteiger partial charge in [0.1, 0.15) is 5.82 Å². The zero-order valence-corrected chi connectivity index (χ0v) is 11.6. The number of halogens is 1. The van der Waals surface area contributed by atoms with Gasteiger partial charge in [0.15, 0.2) is 0 Å². The van der Waals surface area contributed by atoms with Gasteiger partial charge in [-0.2, -0.15) is 0 Å². The van der Waals surface area contributed by atoms with E-state index in [2.05, 4.69) is 5.32 Å². The molecule has 0 bridgehead atoms. The van der Waals surface area contributed by atoms with Crippen LogP contribution in [0, 0.1) is 5.82 Å². The van der Waals surface area contributed by atoms with Crippen LogP contribution in [-0.4, -0.2) is 29.3 Å². The van der Waals surface area contributed by atoms with Crippen molar-refractivity contribution in [3.05, 3.63) is 35.6 Å². The fourth-order valence-electron chi connectivity index (χ4n) is 2.13. The highest BCUT2D eigenvalue weighted by atomic mass is 19.1. The molecule has 20 heavy (non-hydrogen) atoms. The van der Waals surface area contributed by atoms with E-state index in [-0.39, 0.29) is 30.6 Å². The van der Waals surface area contributed by atoms with Crippen LogP contribution < -0.4 is 5.32 Å². The number of benzene rings is 1. The molecule has 0 atom stereocenters. The minimum absolute atomic E-state index is 0.00871. The molecule has 1 aliphatic rings. The van der Waals surface area contributed by atoms with E-state index >= 15 is 0 Å². The summed E-state index contributed by atoms with van der Waals surface area (Å²) in [6.07, 6.45) is 2.30. The molecular weight excluding hydrogens is 259 g/mol. The topological polar surface area (TPSA) is 49.4 Å². The Balaban J connectivity index is 1.75. The fraction of sp³-hybridized carbons (Fsp3) is 0.467. The van der Waals surface area contributed by atoms with Gasteiger partial charge in [-0.3, -0.25) is 9.59 Å². The molecule has 2 amide bonds. The molecule has 0 radical (unpaired) electrons. The van der Waals surface area contributed by atoms with Crippen LogP contribution in [-0.2, 0) is 16.1 Å². The molecule has 2 rings (SSSR count). The quantitative estimate of drug-likeness (QED) is 0.863. The van der Waals surface area contributed by atoms with Gasteiger partial charge in [-0.1, -0.05) is 18.2 Å². The average Bonchev–Trinajstić information content (AvgIpc) is 3.22. The number of rotatable bonds is 6. The van der Waals surface area contributed by atoms with Gasteiger partial charge in [-0.25, -0.2) is 4.39 Å². The zero-order valence-electron chi connectivity index (χ0n) is 11.6. The lowest BCUT2D eigenvalue weighted by Gasteiger charge is -2.20. The molecule has 0 saturated heterocycles. The van der Waals surface area contributed by atoms with E-state index in [1.54, 1.807) is 23.1 Å². The maximum atomic E-state index is 13.4. The first kappa shape index (κ1) is 14.5. The molecule has 1 aromatic carbocycles. The van der Waals surface area contributed by atoms with Gasteiger partial charge in [-0.05, 0) is 18.9 Å². The van der Waals surface area contributed by atoms with Gasteiger partial charge in [0.25, 0.3) is 0 Å². The number of nitrogens with one attached hydrogen (secondary N) is 1. The largest absolute Gasteiger partial charge is 0.352 e. The molecule has 5 heteroatoms. The minimum atomic E-state index is -0.323. The van der Waals surface area contributed by atoms with Gasteiger partial charge in [0.2, 0.25) is 11.8 Å². The van der Waals surface area contributed by atoms with Crippen LogP contribution in [0.1, 0.15) is 31.7 Å². The molecule has 0 unspecified atom stereocenters. The standard InChI is InChI=1S/C15H19FN2O2/c1-11(19)18(13-6-7-13)9-8-15(20)17-10-12-4-2-3-5-14(12)16/h2-5,13H,6-10H2,1H3,(H,17,20). The monoisotopic (exact) mass is 278 g/mol. The lowest BCUT2D eigenvalue weighted by Crippen LogP contribution is -2.35. The number of carbonyl (C=O) groups excluding carboxylic acids is 2. The highest BCUT2D eigenvalue weighted by Crippen LogP contribution is 2.26. The molecule has 1 fully saturated rings. The Bertz CT molecular complexity index is 500. The van der Waals surface area contributed by atoms with Crippen molar-refractivity contribution in [2.75, 3.05) is 6.54 Å². The van der Waals surface area contributed by atoms with Gasteiger partial charge in [0, 0.05) is 38.0 Å². The predicted octanol–water partition coefficient (Wildman–Crippen LogP) is 1.84. The van der Waals surface area contributed by atoms with Gasteiger partial charge in [0.05, 0.1) is 0 Å². The molecule has 108 valence electrons. The van der Waals surface area contributed by atoms with E-state index in [0.29, 0.717) is 18.2 Å². The van der Waals surface area contributed by atoms with Crippen molar-refractivity contribution in [3.8, 4) is 0 Å². The summed E-state index contributed by atoms with van der Waals surface area (Å²) in [5, 5.41) is 2.68. The van der Waals surface area contributed by atoms with Gasteiger partial charge >= 0.3 is 0 Å². The maximum Gasteiger partial charge on any atom is 0.222 e. The summed E-state index contributed by atoms with van der Waals surface area (Å²) in [4.78, 5) is 24.9. The van der Waals surface area contributed by atoms with Gasteiger partial charge in [-0.15, -0.1) is 0 Å². The van der Waals surface area contributed by atoms with E-state index in [1.807, 2.05) is 0 Å². The van der Waals surface area contributed by atoms with Crippen molar-refractivity contribution >= 4 is 11.8 Å². The van der Waals surface area contributed by atoms with Crippen molar-refractivity contribution in [1.29, 1.82) is 0 Å². The highest BCUT2D eigenvalue weighted by molar-refractivity contribution is 5.78. The van der Waals surface area contributed by atoms with Crippen molar-refractivity contribution in [2.24, 2.45) is 0 Å². The summed E-state index contributed by atoms with van der Waals surface area (Å²) in [5.41, 5.74) is 0.464.